The minimum absolute atomic E-state index is 0.251. The minimum atomic E-state index is -0.332. The SMILES string of the molecule is CCCC(=O)Nn1c(SCc2cccc(F)c2)nc2ccccc2c1=O. The van der Waals surface area contributed by atoms with Gasteiger partial charge in [-0.25, -0.2) is 9.37 Å². The number of carbonyl (C=O) groups is 1. The van der Waals surface area contributed by atoms with Crippen LogP contribution in [0.25, 0.3) is 10.9 Å². The number of thioether (sulfide) groups is 1. The summed E-state index contributed by atoms with van der Waals surface area (Å²) in [6.45, 7) is 1.89. The quantitative estimate of drug-likeness (QED) is 0.530. The van der Waals surface area contributed by atoms with Gasteiger partial charge in [-0.05, 0) is 36.2 Å². The smallest absolute Gasteiger partial charge is 0.273 e. The third kappa shape index (κ3) is 4.11. The average Bonchev–Trinajstić information content (AvgIpc) is 2.63. The van der Waals surface area contributed by atoms with E-state index >= 15 is 0 Å². The van der Waals surface area contributed by atoms with Crippen LogP contribution < -0.4 is 11.0 Å². The van der Waals surface area contributed by atoms with E-state index in [1.165, 1.54) is 28.6 Å². The topological polar surface area (TPSA) is 64.0 Å². The molecule has 0 saturated heterocycles. The Labute approximate surface area is 154 Å². The largest absolute Gasteiger partial charge is 0.281 e. The predicted molar refractivity (Wildman–Crippen MR) is 101 cm³/mol. The lowest BCUT2D eigenvalue weighted by Crippen LogP contribution is -2.35. The summed E-state index contributed by atoms with van der Waals surface area (Å²) in [6.07, 6.45) is 0.987. The molecule has 0 spiro atoms. The molecule has 134 valence electrons. The Morgan fingerprint density at radius 1 is 1.23 bits per heavy atom. The van der Waals surface area contributed by atoms with Crippen molar-refractivity contribution in [2.75, 3.05) is 5.43 Å². The molecule has 0 aliphatic rings. The summed E-state index contributed by atoms with van der Waals surface area (Å²) in [6, 6.07) is 13.2. The zero-order chi connectivity index (χ0) is 18.5. The Bertz CT molecular complexity index is 1000. The van der Waals surface area contributed by atoms with Gasteiger partial charge in [0.2, 0.25) is 5.91 Å². The van der Waals surface area contributed by atoms with E-state index in [0.29, 0.717) is 34.7 Å². The number of hydrogen-bond donors (Lipinski definition) is 1. The van der Waals surface area contributed by atoms with Crippen LogP contribution in [0.15, 0.2) is 58.5 Å². The zero-order valence-corrected chi connectivity index (χ0v) is 15.1. The number of para-hydroxylation sites is 1. The lowest BCUT2D eigenvalue weighted by molar-refractivity contribution is -0.117. The standard InChI is InChI=1S/C19H18FN3O2S/c1-2-6-17(24)22-23-18(25)15-9-3-4-10-16(15)21-19(23)26-12-13-7-5-8-14(20)11-13/h3-5,7-11H,2,6,12H2,1H3,(H,22,24). The maximum atomic E-state index is 13.4. The van der Waals surface area contributed by atoms with E-state index < -0.39 is 0 Å². The zero-order valence-electron chi connectivity index (χ0n) is 14.2. The van der Waals surface area contributed by atoms with E-state index in [0.717, 1.165) is 5.56 Å². The van der Waals surface area contributed by atoms with Gasteiger partial charge in [0.15, 0.2) is 5.16 Å². The van der Waals surface area contributed by atoms with Gasteiger partial charge in [0.1, 0.15) is 5.82 Å². The number of carbonyl (C=O) groups excluding carboxylic acids is 1. The average molecular weight is 371 g/mol. The third-order valence-corrected chi connectivity index (χ3v) is 4.73. The van der Waals surface area contributed by atoms with Gasteiger partial charge in [0.25, 0.3) is 5.56 Å². The fraction of sp³-hybridized carbons (Fsp3) is 0.211. The van der Waals surface area contributed by atoms with Gasteiger partial charge in [0.05, 0.1) is 10.9 Å². The number of nitrogens with one attached hydrogen (secondary N) is 1. The summed E-state index contributed by atoms with van der Waals surface area (Å²) in [5.74, 6) is -0.144. The number of hydrogen-bond acceptors (Lipinski definition) is 4. The molecule has 0 unspecified atom stereocenters. The number of amides is 1. The molecule has 0 aliphatic heterocycles. The van der Waals surface area contributed by atoms with Gasteiger partial charge >= 0.3 is 0 Å². The molecule has 26 heavy (non-hydrogen) atoms. The third-order valence-electron chi connectivity index (χ3n) is 3.72. The number of nitrogens with zero attached hydrogens (tertiary/aromatic N) is 2. The normalized spacial score (nSPS) is 10.8. The minimum Gasteiger partial charge on any atom is -0.273 e. The van der Waals surface area contributed by atoms with E-state index in [-0.39, 0.29) is 17.3 Å². The van der Waals surface area contributed by atoms with Crippen molar-refractivity contribution in [3.63, 3.8) is 0 Å². The lowest BCUT2D eigenvalue weighted by atomic mass is 10.2. The van der Waals surface area contributed by atoms with Crippen LogP contribution in [0.4, 0.5) is 4.39 Å². The van der Waals surface area contributed by atoms with Crippen molar-refractivity contribution in [1.29, 1.82) is 0 Å². The van der Waals surface area contributed by atoms with Gasteiger partial charge in [-0.2, -0.15) is 4.68 Å². The summed E-state index contributed by atoms with van der Waals surface area (Å²) in [7, 11) is 0. The van der Waals surface area contributed by atoms with Crippen molar-refractivity contribution in [2.24, 2.45) is 0 Å². The highest BCUT2D eigenvalue weighted by Gasteiger charge is 2.14. The Balaban J connectivity index is 1.98. The fourth-order valence-electron chi connectivity index (χ4n) is 2.49. The number of rotatable bonds is 6. The molecule has 0 fully saturated rings. The van der Waals surface area contributed by atoms with Crippen LogP contribution in [0.2, 0.25) is 0 Å². The van der Waals surface area contributed by atoms with Gasteiger partial charge in [-0.1, -0.05) is 43.0 Å². The van der Waals surface area contributed by atoms with Crippen molar-refractivity contribution in [1.82, 2.24) is 9.66 Å². The highest BCUT2D eigenvalue weighted by atomic mass is 32.2. The van der Waals surface area contributed by atoms with E-state index in [2.05, 4.69) is 10.4 Å². The summed E-state index contributed by atoms with van der Waals surface area (Å²) < 4.78 is 14.5. The Morgan fingerprint density at radius 2 is 2.04 bits per heavy atom. The van der Waals surface area contributed by atoms with Crippen LogP contribution in [0.5, 0.6) is 0 Å². The molecule has 7 heteroatoms. The van der Waals surface area contributed by atoms with Gasteiger partial charge in [0, 0.05) is 12.2 Å². The molecule has 2 aromatic carbocycles. The summed E-state index contributed by atoms with van der Waals surface area (Å²) in [4.78, 5) is 29.3. The molecule has 0 aliphatic carbocycles. The molecule has 1 aromatic heterocycles. The summed E-state index contributed by atoms with van der Waals surface area (Å²) in [5, 5.41) is 0.793. The van der Waals surface area contributed by atoms with Crippen molar-refractivity contribution in [2.45, 2.75) is 30.7 Å². The van der Waals surface area contributed by atoms with Gasteiger partial charge in [-0.15, -0.1) is 0 Å². The summed E-state index contributed by atoms with van der Waals surface area (Å²) in [5.41, 5.74) is 3.62. The highest BCUT2D eigenvalue weighted by molar-refractivity contribution is 7.98. The molecule has 5 nitrogen and oxygen atoms in total. The second kappa shape index (κ2) is 8.14. The molecule has 0 saturated carbocycles. The lowest BCUT2D eigenvalue weighted by Gasteiger charge is -2.14. The van der Waals surface area contributed by atoms with Crippen LogP contribution in [-0.4, -0.2) is 15.6 Å². The van der Waals surface area contributed by atoms with E-state index in [1.54, 1.807) is 36.4 Å². The van der Waals surface area contributed by atoms with E-state index in [9.17, 15) is 14.0 Å². The molecule has 0 radical (unpaired) electrons. The molecule has 0 atom stereocenters. The molecule has 3 rings (SSSR count). The molecule has 0 bridgehead atoms. The first-order valence-corrected chi connectivity index (χ1v) is 9.26. The monoisotopic (exact) mass is 371 g/mol. The second-order valence-corrected chi connectivity index (χ2v) is 6.70. The van der Waals surface area contributed by atoms with Gasteiger partial charge < -0.3 is 0 Å². The molecule has 1 N–H and O–H groups in total. The first kappa shape index (κ1) is 18.1. The van der Waals surface area contributed by atoms with E-state index in [1.807, 2.05) is 6.92 Å². The van der Waals surface area contributed by atoms with Crippen LogP contribution in [0.3, 0.4) is 0 Å². The number of benzene rings is 2. The Kier molecular flexibility index (Phi) is 5.68. The fourth-order valence-corrected chi connectivity index (χ4v) is 3.39. The Morgan fingerprint density at radius 3 is 2.81 bits per heavy atom. The first-order chi connectivity index (χ1) is 12.6. The highest BCUT2D eigenvalue weighted by Crippen LogP contribution is 2.22. The van der Waals surface area contributed by atoms with Crippen LogP contribution in [0.1, 0.15) is 25.3 Å². The molecule has 1 amide bonds. The molecular formula is C19H18FN3O2S. The summed E-state index contributed by atoms with van der Waals surface area (Å²) >= 11 is 1.27. The van der Waals surface area contributed by atoms with Crippen molar-refractivity contribution >= 4 is 28.6 Å². The van der Waals surface area contributed by atoms with Crippen molar-refractivity contribution in [3.8, 4) is 0 Å². The van der Waals surface area contributed by atoms with Crippen LogP contribution >= 0.6 is 11.8 Å². The Hall–Kier alpha value is -2.67. The van der Waals surface area contributed by atoms with Gasteiger partial charge in [-0.3, -0.25) is 15.0 Å². The molecule has 1 heterocycles. The predicted octanol–water partition coefficient (Wildman–Crippen LogP) is 3.70. The van der Waals surface area contributed by atoms with E-state index in [4.69, 9.17) is 0 Å². The van der Waals surface area contributed by atoms with Crippen LogP contribution in [-0.2, 0) is 10.5 Å². The van der Waals surface area contributed by atoms with Crippen molar-refractivity contribution < 1.29 is 9.18 Å². The number of halogens is 1. The molecular weight excluding hydrogens is 353 g/mol. The number of aromatic nitrogens is 2. The maximum absolute atomic E-state index is 13.4. The first-order valence-electron chi connectivity index (χ1n) is 8.27. The van der Waals surface area contributed by atoms with Crippen LogP contribution in [0, 0.1) is 5.82 Å². The van der Waals surface area contributed by atoms with Crippen molar-refractivity contribution in [3.05, 3.63) is 70.3 Å². The molecule has 3 aromatic rings. The maximum Gasteiger partial charge on any atom is 0.281 e. The second-order valence-electron chi connectivity index (χ2n) is 5.76. The number of fused-ring (bicyclic) bond motifs is 1.